The van der Waals surface area contributed by atoms with E-state index in [1.54, 1.807) is 0 Å². The van der Waals surface area contributed by atoms with Gasteiger partial charge in [0.1, 0.15) is 6.61 Å². The molecule has 0 radical (unpaired) electrons. The van der Waals surface area contributed by atoms with Crippen molar-refractivity contribution >= 4 is 16.5 Å². The number of hydrogen-bond acceptors (Lipinski definition) is 4. The molecule has 1 aromatic heterocycles. The van der Waals surface area contributed by atoms with Gasteiger partial charge in [-0.05, 0) is 98.1 Å². The summed E-state index contributed by atoms with van der Waals surface area (Å²) in [6, 6.07) is 26.0. The van der Waals surface area contributed by atoms with Gasteiger partial charge in [-0.25, -0.2) is 4.98 Å². The Morgan fingerprint density at radius 2 is 1.67 bits per heavy atom. The number of aryl methyl sites for hydroxylation is 1. The van der Waals surface area contributed by atoms with Crippen LogP contribution >= 0.6 is 0 Å². The van der Waals surface area contributed by atoms with Gasteiger partial charge in [0.25, 0.3) is 0 Å². The van der Waals surface area contributed by atoms with Crippen LogP contribution in [0.5, 0.6) is 5.88 Å². The molecular formula is C32H39N3O. The topological polar surface area (TPSA) is 37.4 Å². The number of benzene rings is 3. The van der Waals surface area contributed by atoms with Gasteiger partial charge in [0.15, 0.2) is 0 Å². The van der Waals surface area contributed by atoms with Crippen LogP contribution < -0.4 is 10.1 Å². The van der Waals surface area contributed by atoms with Crippen LogP contribution in [-0.2, 0) is 6.61 Å². The van der Waals surface area contributed by atoms with E-state index in [2.05, 4.69) is 91.4 Å². The maximum absolute atomic E-state index is 6.17. The van der Waals surface area contributed by atoms with Crippen molar-refractivity contribution in [2.24, 2.45) is 0 Å². The van der Waals surface area contributed by atoms with E-state index >= 15 is 0 Å². The molecule has 1 atom stereocenters. The fourth-order valence-electron chi connectivity index (χ4n) is 4.73. The molecule has 0 aliphatic rings. The van der Waals surface area contributed by atoms with E-state index in [-0.39, 0.29) is 0 Å². The van der Waals surface area contributed by atoms with Crippen molar-refractivity contribution in [2.75, 3.05) is 25.0 Å². The molecule has 0 fully saturated rings. The summed E-state index contributed by atoms with van der Waals surface area (Å²) in [6.45, 7) is 12.8. The van der Waals surface area contributed by atoms with Crippen LogP contribution in [-0.4, -0.2) is 35.6 Å². The third-order valence-electron chi connectivity index (χ3n) is 6.89. The lowest BCUT2D eigenvalue weighted by molar-refractivity contribution is 0.295. The summed E-state index contributed by atoms with van der Waals surface area (Å²) in [7, 11) is 0. The van der Waals surface area contributed by atoms with Gasteiger partial charge in [-0.2, -0.15) is 0 Å². The minimum atomic E-state index is 0.444. The number of ether oxygens (including phenoxy) is 1. The second kappa shape index (κ2) is 12.5. The van der Waals surface area contributed by atoms with Gasteiger partial charge >= 0.3 is 0 Å². The first-order valence-corrected chi connectivity index (χ1v) is 13.2. The fraction of sp³-hybridized carbons (Fsp3) is 0.344. The molecular weight excluding hydrogens is 442 g/mol. The average Bonchev–Trinajstić information content (AvgIpc) is 2.90. The number of aromatic nitrogens is 1. The normalized spacial score (nSPS) is 12.1. The zero-order valence-electron chi connectivity index (χ0n) is 22.1. The first-order chi connectivity index (χ1) is 17.6. The molecule has 0 bridgehead atoms. The van der Waals surface area contributed by atoms with Crippen LogP contribution in [0, 0.1) is 6.92 Å². The maximum atomic E-state index is 6.17. The number of nitrogens with one attached hydrogen (secondary N) is 1. The van der Waals surface area contributed by atoms with E-state index in [0.29, 0.717) is 18.5 Å². The monoisotopic (exact) mass is 481 g/mol. The first-order valence-electron chi connectivity index (χ1n) is 13.2. The summed E-state index contributed by atoms with van der Waals surface area (Å²) in [5.41, 5.74) is 5.65. The summed E-state index contributed by atoms with van der Waals surface area (Å²) < 4.78 is 6.17. The van der Waals surface area contributed by atoms with Crippen LogP contribution in [0.2, 0.25) is 0 Å². The molecule has 4 aromatic rings. The summed E-state index contributed by atoms with van der Waals surface area (Å²) in [6.07, 6.45) is 4.20. The van der Waals surface area contributed by atoms with Crippen molar-refractivity contribution in [3.05, 3.63) is 90.1 Å². The quantitative estimate of drug-likeness (QED) is 0.225. The zero-order valence-corrected chi connectivity index (χ0v) is 22.1. The predicted molar refractivity (Wildman–Crippen MR) is 153 cm³/mol. The number of fused-ring (bicyclic) bond motifs is 1. The first kappa shape index (κ1) is 25.7. The number of nitrogens with zero attached hydrogens (tertiary/aromatic N) is 2. The molecule has 0 saturated carbocycles. The predicted octanol–water partition coefficient (Wildman–Crippen LogP) is 7.71. The average molecular weight is 482 g/mol. The minimum Gasteiger partial charge on any atom is -0.472 e. The van der Waals surface area contributed by atoms with Crippen molar-refractivity contribution in [1.29, 1.82) is 0 Å². The lowest BCUT2D eigenvalue weighted by Gasteiger charge is -2.20. The largest absolute Gasteiger partial charge is 0.472 e. The van der Waals surface area contributed by atoms with E-state index in [4.69, 9.17) is 4.74 Å². The van der Waals surface area contributed by atoms with Crippen molar-refractivity contribution in [2.45, 2.75) is 53.2 Å². The minimum absolute atomic E-state index is 0.444. The molecule has 4 rings (SSSR count). The Kier molecular flexibility index (Phi) is 8.96. The standard InChI is InChI=1S/C32H39N3O/c1-5-35(6-2)20-10-11-25(4)34-30-17-16-27-21-29(15-14-28(27)22-30)31-24(3)18-19-33-32(31)36-23-26-12-8-7-9-13-26/h7-9,12-19,21-22,25,34H,5-6,10-11,20,23H2,1-4H3. The van der Waals surface area contributed by atoms with Gasteiger partial charge in [0.2, 0.25) is 5.88 Å². The third kappa shape index (κ3) is 6.64. The van der Waals surface area contributed by atoms with Crippen LogP contribution in [0.25, 0.3) is 21.9 Å². The van der Waals surface area contributed by atoms with Crippen LogP contribution in [0.1, 0.15) is 44.7 Å². The molecule has 3 aromatic carbocycles. The Morgan fingerprint density at radius 1 is 0.917 bits per heavy atom. The second-order valence-corrected chi connectivity index (χ2v) is 9.57. The summed E-state index contributed by atoms with van der Waals surface area (Å²) >= 11 is 0. The fourth-order valence-corrected chi connectivity index (χ4v) is 4.73. The van der Waals surface area contributed by atoms with Gasteiger partial charge in [0.05, 0.1) is 0 Å². The zero-order chi connectivity index (χ0) is 25.3. The van der Waals surface area contributed by atoms with E-state index in [1.165, 1.54) is 35.8 Å². The van der Waals surface area contributed by atoms with Gasteiger partial charge in [-0.3, -0.25) is 0 Å². The van der Waals surface area contributed by atoms with Gasteiger partial charge < -0.3 is 15.0 Å². The molecule has 0 amide bonds. The maximum Gasteiger partial charge on any atom is 0.221 e. The van der Waals surface area contributed by atoms with E-state index in [0.717, 1.165) is 35.3 Å². The Labute approximate surface area is 216 Å². The number of rotatable bonds is 12. The molecule has 1 heterocycles. The lowest BCUT2D eigenvalue weighted by atomic mass is 9.98. The van der Waals surface area contributed by atoms with Crippen LogP contribution in [0.3, 0.4) is 0 Å². The molecule has 36 heavy (non-hydrogen) atoms. The van der Waals surface area contributed by atoms with Crippen LogP contribution in [0.15, 0.2) is 79.0 Å². The lowest BCUT2D eigenvalue weighted by Crippen LogP contribution is -2.25. The smallest absolute Gasteiger partial charge is 0.221 e. The highest BCUT2D eigenvalue weighted by Crippen LogP contribution is 2.34. The summed E-state index contributed by atoms with van der Waals surface area (Å²) in [5, 5.41) is 6.13. The van der Waals surface area contributed by atoms with Crippen LogP contribution in [0.4, 0.5) is 5.69 Å². The SMILES string of the molecule is CCN(CC)CCCC(C)Nc1ccc2cc(-c3c(C)ccnc3OCc3ccccc3)ccc2c1. The van der Waals surface area contributed by atoms with Gasteiger partial charge in [-0.15, -0.1) is 0 Å². The van der Waals surface area contributed by atoms with Gasteiger partial charge in [-0.1, -0.05) is 62.4 Å². The summed E-state index contributed by atoms with van der Waals surface area (Å²) in [4.78, 5) is 7.06. The molecule has 1 N–H and O–H groups in total. The number of hydrogen-bond donors (Lipinski definition) is 1. The Hall–Kier alpha value is -3.37. The molecule has 188 valence electrons. The van der Waals surface area contributed by atoms with Crippen molar-refractivity contribution in [3.63, 3.8) is 0 Å². The third-order valence-corrected chi connectivity index (χ3v) is 6.89. The number of pyridine rings is 1. The van der Waals surface area contributed by atoms with Crippen molar-refractivity contribution in [1.82, 2.24) is 9.88 Å². The molecule has 0 aliphatic carbocycles. The molecule has 0 aliphatic heterocycles. The number of anilines is 1. The van der Waals surface area contributed by atoms with E-state index in [9.17, 15) is 0 Å². The molecule has 0 spiro atoms. The van der Waals surface area contributed by atoms with E-state index in [1.807, 2.05) is 30.5 Å². The Morgan fingerprint density at radius 3 is 2.44 bits per heavy atom. The molecule has 0 saturated heterocycles. The molecule has 1 unspecified atom stereocenters. The van der Waals surface area contributed by atoms with Crippen molar-refractivity contribution in [3.8, 4) is 17.0 Å². The van der Waals surface area contributed by atoms with E-state index < -0.39 is 0 Å². The highest BCUT2D eigenvalue weighted by molar-refractivity contribution is 5.90. The highest BCUT2D eigenvalue weighted by atomic mass is 16.5. The Balaban J connectivity index is 1.47. The second-order valence-electron chi connectivity index (χ2n) is 9.57. The van der Waals surface area contributed by atoms with Gasteiger partial charge in [0, 0.05) is 23.5 Å². The van der Waals surface area contributed by atoms with Crippen molar-refractivity contribution < 1.29 is 4.74 Å². The molecule has 4 nitrogen and oxygen atoms in total. The molecule has 4 heteroatoms. The highest BCUT2D eigenvalue weighted by Gasteiger charge is 2.13. The Bertz CT molecular complexity index is 1250. The summed E-state index contributed by atoms with van der Waals surface area (Å²) in [5.74, 6) is 0.676.